The minimum absolute atomic E-state index is 0.168. The standard InChI is InChI=1S/C11H17ClN2O/c1-2-15-11(5-3-4-6-11)10-13-8-9(7-12)14-10/h8H,2-7H2,1H3,(H,13,14). The fourth-order valence-corrected chi connectivity index (χ4v) is 2.47. The van der Waals surface area contributed by atoms with Crippen molar-refractivity contribution in [1.82, 2.24) is 9.97 Å². The van der Waals surface area contributed by atoms with Crippen LogP contribution < -0.4 is 0 Å². The Balaban J connectivity index is 2.23. The molecule has 3 nitrogen and oxygen atoms in total. The van der Waals surface area contributed by atoms with E-state index in [0.717, 1.165) is 31.0 Å². The van der Waals surface area contributed by atoms with Crippen LogP contribution in [0.3, 0.4) is 0 Å². The lowest BCUT2D eigenvalue weighted by atomic mass is 10.0. The van der Waals surface area contributed by atoms with Crippen LogP contribution in [-0.2, 0) is 16.2 Å². The molecule has 1 heterocycles. The van der Waals surface area contributed by atoms with Gasteiger partial charge in [-0.15, -0.1) is 11.6 Å². The lowest BCUT2D eigenvalue weighted by Crippen LogP contribution is -2.27. The van der Waals surface area contributed by atoms with Crippen LogP contribution in [0, 0.1) is 0 Å². The summed E-state index contributed by atoms with van der Waals surface area (Å²) in [5.41, 5.74) is 0.802. The van der Waals surface area contributed by atoms with E-state index in [1.165, 1.54) is 12.8 Å². The first-order chi connectivity index (χ1) is 7.30. The number of H-pyrrole nitrogens is 1. The van der Waals surface area contributed by atoms with Gasteiger partial charge in [-0.05, 0) is 32.6 Å². The number of nitrogens with zero attached hydrogens (tertiary/aromatic N) is 1. The molecule has 4 heteroatoms. The Labute approximate surface area is 95.2 Å². The molecule has 1 aliphatic rings. The van der Waals surface area contributed by atoms with Gasteiger partial charge < -0.3 is 9.72 Å². The number of ether oxygens (including phenoxy) is 1. The van der Waals surface area contributed by atoms with Crippen LogP contribution in [-0.4, -0.2) is 16.6 Å². The molecule has 1 N–H and O–H groups in total. The predicted molar refractivity (Wildman–Crippen MR) is 59.9 cm³/mol. The van der Waals surface area contributed by atoms with Crippen molar-refractivity contribution in [2.75, 3.05) is 6.61 Å². The topological polar surface area (TPSA) is 37.9 Å². The summed E-state index contributed by atoms with van der Waals surface area (Å²) in [4.78, 5) is 7.66. The molecule has 0 amide bonds. The molecular formula is C11H17ClN2O. The first-order valence-corrected chi connectivity index (χ1v) is 6.08. The molecule has 0 bridgehead atoms. The van der Waals surface area contributed by atoms with Gasteiger partial charge in [-0.3, -0.25) is 0 Å². The van der Waals surface area contributed by atoms with E-state index >= 15 is 0 Å². The maximum absolute atomic E-state index is 5.90. The Morgan fingerprint density at radius 1 is 1.53 bits per heavy atom. The molecule has 15 heavy (non-hydrogen) atoms. The number of rotatable bonds is 4. The molecule has 0 radical (unpaired) electrons. The van der Waals surface area contributed by atoms with E-state index in [9.17, 15) is 0 Å². The summed E-state index contributed by atoms with van der Waals surface area (Å²) in [6.45, 7) is 2.77. The second-order valence-electron chi connectivity index (χ2n) is 4.03. The minimum Gasteiger partial charge on any atom is -0.367 e. The van der Waals surface area contributed by atoms with Crippen LogP contribution in [0.4, 0.5) is 0 Å². The molecule has 1 aromatic heterocycles. The predicted octanol–water partition coefficient (Wildman–Crippen LogP) is 2.95. The number of nitrogens with one attached hydrogen (secondary N) is 1. The summed E-state index contributed by atoms with van der Waals surface area (Å²) in [6, 6.07) is 0. The molecule has 0 atom stereocenters. The van der Waals surface area contributed by atoms with Gasteiger partial charge in [0.1, 0.15) is 11.4 Å². The van der Waals surface area contributed by atoms with E-state index in [2.05, 4.69) is 9.97 Å². The molecule has 0 saturated heterocycles. The molecule has 1 fully saturated rings. The molecule has 1 aromatic rings. The third-order valence-electron chi connectivity index (χ3n) is 3.04. The first-order valence-electron chi connectivity index (χ1n) is 5.55. The maximum Gasteiger partial charge on any atom is 0.138 e. The molecule has 1 saturated carbocycles. The number of hydrogen-bond acceptors (Lipinski definition) is 2. The van der Waals surface area contributed by atoms with Crippen LogP contribution in [0.1, 0.15) is 44.1 Å². The van der Waals surface area contributed by atoms with Crippen LogP contribution >= 0.6 is 11.6 Å². The highest BCUT2D eigenvalue weighted by atomic mass is 35.5. The molecule has 2 rings (SSSR count). The number of alkyl halides is 1. The Bertz CT molecular complexity index is 318. The van der Waals surface area contributed by atoms with E-state index in [1.807, 2.05) is 6.92 Å². The van der Waals surface area contributed by atoms with Crippen molar-refractivity contribution < 1.29 is 4.74 Å². The minimum atomic E-state index is -0.168. The molecule has 0 aliphatic heterocycles. The number of aromatic nitrogens is 2. The first kappa shape index (κ1) is 11.0. The Morgan fingerprint density at radius 2 is 2.27 bits per heavy atom. The van der Waals surface area contributed by atoms with E-state index in [1.54, 1.807) is 6.20 Å². The molecule has 0 spiro atoms. The summed E-state index contributed by atoms with van der Waals surface area (Å²) in [7, 11) is 0. The number of aromatic amines is 1. The monoisotopic (exact) mass is 228 g/mol. The van der Waals surface area contributed by atoms with Crippen LogP contribution in [0.2, 0.25) is 0 Å². The second kappa shape index (κ2) is 4.54. The Hall–Kier alpha value is -0.540. The van der Waals surface area contributed by atoms with Gasteiger partial charge in [-0.1, -0.05) is 0 Å². The average molecular weight is 229 g/mol. The highest BCUT2D eigenvalue weighted by Crippen LogP contribution is 2.40. The van der Waals surface area contributed by atoms with Gasteiger partial charge >= 0.3 is 0 Å². The Morgan fingerprint density at radius 3 is 2.80 bits per heavy atom. The summed E-state index contributed by atoms with van der Waals surface area (Å²) < 4.78 is 5.90. The van der Waals surface area contributed by atoms with E-state index in [0.29, 0.717) is 5.88 Å². The van der Waals surface area contributed by atoms with Gasteiger partial charge in [0.2, 0.25) is 0 Å². The van der Waals surface area contributed by atoms with Gasteiger partial charge in [0.15, 0.2) is 0 Å². The number of imidazole rings is 1. The molecule has 0 aromatic carbocycles. The third kappa shape index (κ3) is 2.04. The van der Waals surface area contributed by atoms with Crippen molar-refractivity contribution >= 4 is 11.6 Å². The van der Waals surface area contributed by atoms with E-state index in [-0.39, 0.29) is 5.60 Å². The Kier molecular flexibility index (Phi) is 3.32. The van der Waals surface area contributed by atoms with Gasteiger partial charge in [0, 0.05) is 18.5 Å². The quantitative estimate of drug-likeness (QED) is 0.805. The van der Waals surface area contributed by atoms with Crippen molar-refractivity contribution in [2.45, 2.75) is 44.1 Å². The summed E-state index contributed by atoms with van der Waals surface area (Å²) in [5.74, 6) is 1.44. The largest absolute Gasteiger partial charge is 0.367 e. The molecule has 84 valence electrons. The maximum atomic E-state index is 5.90. The van der Waals surface area contributed by atoms with Crippen molar-refractivity contribution in [1.29, 1.82) is 0 Å². The molecule has 1 aliphatic carbocycles. The zero-order valence-electron chi connectivity index (χ0n) is 9.05. The zero-order valence-corrected chi connectivity index (χ0v) is 9.81. The van der Waals surface area contributed by atoms with E-state index < -0.39 is 0 Å². The van der Waals surface area contributed by atoms with Gasteiger partial charge in [-0.2, -0.15) is 0 Å². The normalized spacial score (nSPS) is 19.6. The van der Waals surface area contributed by atoms with E-state index in [4.69, 9.17) is 16.3 Å². The molecular weight excluding hydrogens is 212 g/mol. The third-order valence-corrected chi connectivity index (χ3v) is 3.32. The van der Waals surface area contributed by atoms with Crippen molar-refractivity contribution in [3.05, 3.63) is 17.7 Å². The van der Waals surface area contributed by atoms with Gasteiger partial charge in [0.25, 0.3) is 0 Å². The van der Waals surface area contributed by atoms with Gasteiger partial charge in [0.05, 0.1) is 5.88 Å². The second-order valence-corrected chi connectivity index (χ2v) is 4.29. The molecule has 0 unspecified atom stereocenters. The average Bonchev–Trinajstić information content (AvgIpc) is 2.85. The highest BCUT2D eigenvalue weighted by molar-refractivity contribution is 6.16. The zero-order chi connectivity index (χ0) is 10.7. The number of halogens is 1. The fraction of sp³-hybridized carbons (Fsp3) is 0.727. The summed E-state index contributed by atoms with van der Waals surface area (Å²) in [6.07, 6.45) is 6.38. The van der Waals surface area contributed by atoms with Crippen molar-refractivity contribution in [3.8, 4) is 0 Å². The van der Waals surface area contributed by atoms with Crippen molar-refractivity contribution in [2.24, 2.45) is 0 Å². The van der Waals surface area contributed by atoms with Crippen LogP contribution in [0.25, 0.3) is 0 Å². The van der Waals surface area contributed by atoms with Gasteiger partial charge in [-0.25, -0.2) is 4.98 Å². The summed E-state index contributed by atoms with van der Waals surface area (Å²) >= 11 is 5.76. The lowest BCUT2D eigenvalue weighted by molar-refractivity contribution is -0.0451. The lowest BCUT2D eigenvalue weighted by Gasteiger charge is -2.26. The number of hydrogen-bond donors (Lipinski definition) is 1. The SMILES string of the molecule is CCOC1(c2ncc(CCl)[nH]2)CCCC1. The smallest absolute Gasteiger partial charge is 0.138 e. The fourth-order valence-electron chi connectivity index (χ4n) is 2.33. The van der Waals surface area contributed by atoms with Crippen LogP contribution in [0.5, 0.6) is 0 Å². The van der Waals surface area contributed by atoms with Crippen LogP contribution in [0.15, 0.2) is 6.20 Å². The highest BCUT2D eigenvalue weighted by Gasteiger charge is 2.38. The summed E-state index contributed by atoms with van der Waals surface area (Å²) in [5, 5.41) is 0. The van der Waals surface area contributed by atoms with Crippen molar-refractivity contribution in [3.63, 3.8) is 0 Å².